The SMILES string of the molecule is CCOc1ccccc1NC1=C(c2ccccc2OC)C(=O)N(Cc2ccccc2Cl)C1=O. The zero-order valence-corrected chi connectivity index (χ0v) is 19.1. The van der Waals surface area contributed by atoms with E-state index in [1.165, 1.54) is 12.0 Å². The summed E-state index contributed by atoms with van der Waals surface area (Å²) >= 11 is 6.31. The van der Waals surface area contributed by atoms with Gasteiger partial charge in [0, 0.05) is 10.6 Å². The van der Waals surface area contributed by atoms with Gasteiger partial charge in [-0.05, 0) is 36.8 Å². The predicted octanol–water partition coefficient (Wildman–Crippen LogP) is 5.14. The van der Waals surface area contributed by atoms with Crippen molar-refractivity contribution in [2.45, 2.75) is 13.5 Å². The van der Waals surface area contributed by atoms with Crippen LogP contribution in [0.1, 0.15) is 18.1 Å². The van der Waals surface area contributed by atoms with Crippen LogP contribution in [0.15, 0.2) is 78.5 Å². The third kappa shape index (κ3) is 4.43. The molecule has 1 aliphatic rings. The lowest BCUT2D eigenvalue weighted by atomic mass is 10.0. The molecule has 3 aromatic rings. The second-order valence-corrected chi connectivity index (χ2v) is 7.70. The number of carbonyl (C=O) groups excluding carboxylic acids is 2. The molecule has 0 unspecified atom stereocenters. The van der Waals surface area contributed by atoms with Gasteiger partial charge in [0.1, 0.15) is 17.2 Å². The lowest BCUT2D eigenvalue weighted by molar-refractivity contribution is -0.137. The Bertz CT molecular complexity index is 1240. The maximum atomic E-state index is 13.6. The fourth-order valence-corrected chi connectivity index (χ4v) is 3.92. The van der Waals surface area contributed by atoms with Crippen LogP contribution in [0, 0.1) is 0 Å². The van der Waals surface area contributed by atoms with Gasteiger partial charge in [-0.15, -0.1) is 0 Å². The monoisotopic (exact) mass is 462 g/mol. The molecule has 0 radical (unpaired) electrons. The van der Waals surface area contributed by atoms with Crippen molar-refractivity contribution in [1.82, 2.24) is 4.90 Å². The maximum Gasteiger partial charge on any atom is 0.278 e. The molecule has 168 valence electrons. The number of hydrogen-bond acceptors (Lipinski definition) is 5. The normalized spacial score (nSPS) is 13.5. The minimum atomic E-state index is -0.452. The van der Waals surface area contributed by atoms with E-state index in [1.807, 2.05) is 31.2 Å². The Balaban J connectivity index is 1.81. The number of hydrogen-bond donors (Lipinski definition) is 1. The van der Waals surface area contributed by atoms with Crippen LogP contribution < -0.4 is 14.8 Å². The molecule has 0 saturated heterocycles. The van der Waals surface area contributed by atoms with Gasteiger partial charge >= 0.3 is 0 Å². The van der Waals surface area contributed by atoms with Crippen molar-refractivity contribution in [3.8, 4) is 11.5 Å². The quantitative estimate of drug-likeness (QED) is 0.469. The molecule has 1 N–H and O–H groups in total. The molecule has 0 saturated carbocycles. The van der Waals surface area contributed by atoms with Crippen LogP contribution in [0.4, 0.5) is 5.69 Å². The highest BCUT2D eigenvalue weighted by Crippen LogP contribution is 2.37. The number of anilines is 1. The molecule has 3 aromatic carbocycles. The van der Waals surface area contributed by atoms with Crippen molar-refractivity contribution in [3.63, 3.8) is 0 Å². The standard InChI is InChI=1S/C26H23ClN2O4/c1-3-33-22-15-9-7-13-20(22)28-24-23(18-11-5-8-14-21(18)32-2)25(30)29(26(24)31)16-17-10-4-6-12-19(17)27/h4-15,28H,3,16H2,1-2H3. The third-order valence-electron chi connectivity index (χ3n) is 5.28. The number of ether oxygens (including phenoxy) is 2. The van der Waals surface area contributed by atoms with Crippen LogP contribution in [0.25, 0.3) is 5.57 Å². The summed E-state index contributed by atoms with van der Waals surface area (Å²) in [6, 6.07) is 21.5. The molecule has 33 heavy (non-hydrogen) atoms. The minimum absolute atomic E-state index is 0.0499. The molecule has 0 bridgehead atoms. The first-order valence-corrected chi connectivity index (χ1v) is 10.9. The number of nitrogens with zero attached hydrogens (tertiary/aromatic N) is 1. The summed E-state index contributed by atoms with van der Waals surface area (Å²) in [5.74, 6) is 0.190. The smallest absolute Gasteiger partial charge is 0.278 e. The Labute approximate surface area is 197 Å². The molecular weight excluding hydrogens is 440 g/mol. The summed E-state index contributed by atoms with van der Waals surface area (Å²) < 4.78 is 11.2. The number of carbonyl (C=O) groups is 2. The van der Waals surface area contributed by atoms with Crippen LogP contribution in [0.2, 0.25) is 5.02 Å². The molecule has 0 atom stereocenters. The van der Waals surface area contributed by atoms with E-state index in [2.05, 4.69) is 5.32 Å². The number of benzene rings is 3. The van der Waals surface area contributed by atoms with Gasteiger partial charge in [-0.1, -0.05) is 60.1 Å². The molecular formula is C26H23ClN2O4. The van der Waals surface area contributed by atoms with Crippen LogP contribution in [0.3, 0.4) is 0 Å². The topological polar surface area (TPSA) is 67.9 Å². The fourth-order valence-electron chi connectivity index (χ4n) is 3.72. The molecule has 4 rings (SSSR count). The Morgan fingerprint density at radius 2 is 1.55 bits per heavy atom. The second kappa shape index (κ2) is 9.79. The zero-order chi connectivity index (χ0) is 23.4. The van der Waals surface area contributed by atoms with Gasteiger partial charge in [-0.2, -0.15) is 0 Å². The summed E-state index contributed by atoms with van der Waals surface area (Å²) in [6.45, 7) is 2.39. The number of nitrogens with one attached hydrogen (secondary N) is 1. The summed E-state index contributed by atoms with van der Waals surface area (Å²) in [5, 5.41) is 3.64. The summed E-state index contributed by atoms with van der Waals surface area (Å²) in [6.07, 6.45) is 0. The summed E-state index contributed by atoms with van der Waals surface area (Å²) in [7, 11) is 1.53. The number of para-hydroxylation sites is 3. The summed E-state index contributed by atoms with van der Waals surface area (Å²) in [4.78, 5) is 28.3. The Morgan fingerprint density at radius 3 is 2.27 bits per heavy atom. The molecule has 0 fully saturated rings. The number of amides is 2. The van der Waals surface area contributed by atoms with E-state index < -0.39 is 11.8 Å². The van der Waals surface area contributed by atoms with Gasteiger partial charge in [0.05, 0.1) is 31.5 Å². The van der Waals surface area contributed by atoms with E-state index in [4.69, 9.17) is 21.1 Å². The van der Waals surface area contributed by atoms with Gasteiger partial charge in [0.2, 0.25) is 0 Å². The van der Waals surface area contributed by atoms with E-state index in [0.29, 0.717) is 39.9 Å². The van der Waals surface area contributed by atoms with Crippen molar-refractivity contribution in [1.29, 1.82) is 0 Å². The fraction of sp³-hybridized carbons (Fsp3) is 0.154. The first-order chi connectivity index (χ1) is 16.0. The number of imide groups is 1. The molecule has 0 aromatic heterocycles. The average molecular weight is 463 g/mol. The van der Waals surface area contributed by atoms with E-state index in [-0.39, 0.29) is 17.8 Å². The van der Waals surface area contributed by atoms with Crippen LogP contribution in [-0.4, -0.2) is 30.4 Å². The van der Waals surface area contributed by atoms with Gasteiger partial charge < -0.3 is 14.8 Å². The number of halogens is 1. The van der Waals surface area contributed by atoms with Crippen molar-refractivity contribution in [3.05, 3.63) is 94.6 Å². The molecule has 7 heteroatoms. The van der Waals surface area contributed by atoms with Crippen LogP contribution >= 0.6 is 11.6 Å². The van der Waals surface area contributed by atoms with Gasteiger partial charge in [0.25, 0.3) is 11.8 Å². The number of rotatable bonds is 8. The largest absolute Gasteiger partial charge is 0.496 e. The van der Waals surface area contributed by atoms with Gasteiger partial charge in [-0.25, -0.2) is 0 Å². The highest BCUT2D eigenvalue weighted by atomic mass is 35.5. The average Bonchev–Trinajstić information content (AvgIpc) is 3.06. The maximum absolute atomic E-state index is 13.6. The van der Waals surface area contributed by atoms with Gasteiger partial charge in [-0.3, -0.25) is 14.5 Å². The number of methoxy groups -OCH3 is 1. The van der Waals surface area contributed by atoms with E-state index in [0.717, 1.165) is 0 Å². The molecule has 0 aliphatic carbocycles. The van der Waals surface area contributed by atoms with Crippen LogP contribution in [-0.2, 0) is 16.1 Å². The van der Waals surface area contributed by atoms with E-state index in [1.54, 1.807) is 48.5 Å². The Hall–Kier alpha value is -3.77. The first kappa shape index (κ1) is 22.4. The van der Waals surface area contributed by atoms with Crippen LogP contribution in [0.5, 0.6) is 11.5 Å². The molecule has 1 aliphatic heterocycles. The lowest BCUT2D eigenvalue weighted by Gasteiger charge is -2.17. The van der Waals surface area contributed by atoms with Gasteiger partial charge in [0.15, 0.2) is 0 Å². The zero-order valence-electron chi connectivity index (χ0n) is 18.3. The molecule has 2 amide bonds. The Morgan fingerprint density at radius 1 is 0.879 bits per heavy atom. The van der Waals surface area contributed by atoms with E-state index >= 15 is 0 Å². The predicted molar refractivity (Wildman–Crippen MR) is 128 cm³/mol. The minimum Gasteiger partial charge on any atom is -0.496 e. The lowest BCUT2D eigenvalue weighted by Crippen LogP contribution is -2.32. The summed E-state index contributed by atoms with van der Waals surface area (Å²) in [5.41, 5.74) is 2.18. The van der Waals surface area contributed by atoms with Crippen molar-refractivity contribution in [2.24, 2.45) is 0 Å². The van der Waals surface area contributed by atoms with Crippen molar-refractivity contribution >= 4 is 34.7 Å². The highest BCUT2D eigenvalue weighted by molar-refractivity contribution is 6.37. The van der Waals surface area contributed by atoms with E-state index in [9.17, 15) is 9.59 Å². The van der Waals surface area contributed by atoms with Crippen molar-refractivity contribution < 1.29 is 19.1 Å². The van der Waals surface area contributed by atoms with Crippen molar-refractivity contribution in [2.75, 3.05) is 19.0 Å². The molecule has 6 nitrogen and oxygen atoms in total. The first-order valence-electron chi connectivity index (χ1n) is 10.5. The third-order valence-corrected chi connectivity index (χ3v) is 5.65. The highest BCUT2D eigenvalue weighted by Gasteiger charge is 2.40. The Kier molecular flexibility index (Phi) is 6.66. The molecule has 1 heterocycles. The second-order valence-electron chi connectivity index (χ2n) is 7.29. The molecule has 0 spiro atoms.